The average molecular weight is 297 g/mol. The molecule has 21 heavy (non-hydrogen) atoms. The van der Waals surface area contributed by atoms with Crippen molar-refractivity contribution in [3.63, 3.8) is 0 Å². The summed E-state index contributed by atoms with van der Waals surface area (Å²) in [7, 11) is 0. The minimum absolute atomic E-state index is 0.114. The number of benzene rings is 1. The number of aromatic nitrogens is 2. The fourth-order valence-electron chi connectivity index (χ4n) is 2.29. The Hall–Kier alpha value is -1.98. The fourth-order valence-corrected chi connectivity index (χ4v) is 2.29. The number of nitrogens with zero attached hydrogens (tertiary/aromatic N) is 2. The second-order valence-electron chi connectivity index (χ2n) is 5.26. The van der Waals surface area contributed by atoms with Crippen LogP contribution in [0.15, 0.2) is 12.1 Å². The largest absolute Gasteiger partial charge is 0.383 e. The van der Waals surface area contributed by atoms with Crippen molar-refractivity contribution < 1.29 is 13.2 Å². The van der Waals surface area contributed by atoms with Crippen LogP contribution < -0.4 is 5.73 Å². The van der Waals surface area contributed by atoms with Crippen molar-refractivity contribution in [2.75, 3.05) is 5.73 Å². The number of hydrogen-bond donors (Lipinski definition) is 1. The molecule has 6 heteroatoms. The molecule has 0 aliphatic heterocycles. The van der Waals surface area contributed by atoms with Crippen LogP contribution in [0.5, 0.6) is 0 Å². The zero-order chi connectivity index (χ0) is 15.7. The molecule has 3 nitrogen and oxygen atoms in total. The van der Waals surface area contributed by atoms with Crippen LogP contribution in [0.2, 0.25) is 0 Å². The summed E-state index contributed by atoms with van der Waals surface area (Å²) < 4.78 is 41.6. The summed E-state index contributed by atoms with van der Waals surface area (Å²) in [6.45, 7) is 6.59. The van der Waals surface area contributed by atoms with E-state index in [9.17, 15) is 13.2 Å². The van der Waals surface area contributed by atoms with E-state index in [1.807, 2.05) is 25.3 Å². The number of hydrogen-bond acceptors (Lipinski definition) is 2. The lowest BCUT2D eigenvalue weighted by Crippen LogP contribution is -2.08. The predicted octanol–water partition coefficient (Wildman–Crippen LogP) is 4.08. The Labute approximate surface area is 121 Å². The van der Waals surface area contributed by atoms with Crippen molar-refractivity contribution in [2.45, 2.75) is 39.7 Å². The van der Waals surface area contributed by atoms with E-state index in [-0.39, 0.29) is 17.2 Å². The van der Waals surface area contributed by atoms with Crippen LogP contribution in [0.1, 0.15) is 38.9 Å². The van der Waals surface area contributed by atoms with E-state index in [1.165, 1.54) is 0 Å². The van der Waals surface area contributed by atoms with Crippen molar-refractivity contribution >= 4 is 5.82 Å². The molecule has 1 aromatic carbocycles. The molecule has 2 N–H and O–H groups in total. The first-order valence-electron chi connectivity index (χ1n) is 6.87. The molecule has 1 aromatic heterocycles. The third-order valence-electron chi connectivity index (χ3n) is 3.26. The third kappa shape index (κ3) is 2.75. The van der Waals surface area contributed by atoms with E-state index in [0.717, 1.165) is 24.4 Å². The highest BCUT2D eigenvalue weighted by Crippen LogP contribution is 2.31. The Morgan fingerprint density at radius 1 is 1.19 bits per heavy atom. The predicted molar refractivity (Wildman–Crippen MR) is 76.3 cm³/mol. The van der Waals surface area contributed by atoms with Gasteiger partial charge in [0.05, 0.1) is 0 Å². The molecule has 0 amide bonds. The first-order valence-corrected chi connectivity index (χ1v) is 6.87. The quantitative estimate of drug-likeness (QED) is 0.864. The van der Waals surface area contributed by atoms with E-state index in [4.69, 9.17) is 5.73 Å². The number of nitrogens with two attached hydrogens (primary N) is 1. The molecule has 0 unspecified atom stereocenters. The van der Waals surface area contributed by atoms with Crippen molar-refractivity contribution in [1.29, 1.82) is 0 Å². The topological polar surface area (TPSA) is 43.8 Å². The van der Waals surface area contributed by atoms with Gasteiger partial charge in [-0.1, -0.05) is 20.8 Å². The molecule has 0 fully saturated rings. The second kappa shape index (κ2) is 5.79. The van der Waals surface area contributed by atoms with Gasteiger partial charge in [-0.2, -0.15) is 0 Å². The van der Waals surface area contributed by atoms with Crippen LogP contribution in [0.4, 0.5) is 19.0 Å². The van der Waals surface area contributed by atoms with Gasteiger partial charge in [0.1, 0.15) is 17.3 Å². The standard InChI is InChI=1S/C15H18F3N3/c1-4-5-21-14(19)13(20-15(21)8(2)3)9-6-10(16)12(18)11(17)7-9/h6-8H,4-5,19H2,1-3H3. The minimum atomic E-state index is -1.49. The van der Waals surface area contributed by atoms with Crippen LogP contribution in [0.3, 0.4) is 0 Å². The van der Waals surface area contributed by atoms with Gasteiger partial charge < -0.3 is 10.3 Å². The van der Waals surface area contributed by atoms with Crippen LogP contribution in [0, 0.1) is 17.5 Å². The maximum absolute atomic E-state index is 13.4. The van der Waals surface area contributed by atoms with Crippen molar-refractivity contribution in [2.24, 2.45) is 0 Å². The third-order valence-corrected chi connectivity index (χ3v) is 3.26. The average Bonchev–Trinajstić information content (AvgIpc) is 2.74. The highest BCUT2D eigenvalue weighted by molar-refractivity contribution is 5.71. The Balaban J connectivity index is 2.62. The van der Waals surface area contributed by atoms with Gasteiger partial charge in [0.2, 0.25) is 0 Å². The number of halogens is 3. The summed E-state index contributed by atoms with van der Waals surface area (Å²) in [6, 6.07) is 1.83. The molecule has 2 aromatic rings. The molecule has 0 atom stereocenters. The number of rotatable bonds is 4. The molecule has 0 aliphatic rings. The summed E-state index contributed by atoms with van der Waals surface area (Å²) in [4.78, 5) is 4.39. The lowest BCUT2D eigenvalue weighted by molar-refractivity contribution is 0.447. The highest BCUT2D eigenvalue weighted by Gasteiger charge is 2.20. The zero-order valence-corrected chi connectivity index (χ0v) is 12.3. The lowest BCUT2D eigenvalue weighted by atomic mass is 10.1. The maximum Gasteiger partial charge on any atom is 0.194 e. The van der Waals surface area contributed by atoms with E-state index < -0.39 is 17.5 Å². The summed E-state index contributed by atoms with van der Waals surface area (Å²) >= 11 is 0. The molecule has 0 aliphatic carbocycles. The first-order chi connectivity index (χ1) is 9.86. The van der Waals surface area contributed by atoms with E-state index >= 15 is 0 Å². The zero-order valence-electron chi connectivity index (χ0n) is 12.3. The summed E-state index contributed by atoms with van der Waals surface area (Å²) in [5.74, 6) is -2.79. The van der Waals surface area contributed by atoms with Crippen LogP contribution >= 0.6 is 0 Å². The van der Waals surface area contributed by atoms with Crippen LogP contribution in [-0.2, 0) is 6.54 Å². The molecule has 2 rings (SSSR count). The smallest absolute Gasteiger partial charge is 0.194 e. The summed E-state index contributed by atoms with van der Waals surface area (Å²) in [6.07, 6.45) is 0.853. The second-order valence-corrected chi connectivity index (χ2v) is 5.26. The SMILES string of the molecule is CCCn1c(C(C)C)nc(-c2cc(F)c(F)c(F)c2)c1N. The molecule has 1 heterocycles. The summed E-state index contributed by atoms with van der Waals surface area (Å²) in [5.41, 5.74) is 6.48. The van der Waals surface area contributed by atoms with Gasteiger partial charge in [-0.05, 0) is 18.6 Å². The van der Waals surface area contributed by atoms with Gasteiger partial charge in [-0.3, -0.25) is 0 Å². The Bertz CT molecular complexity index is 639. The van der Waals surface area contributed by atoms with Crippen molar-refractivity contribution in [1.82, 2.24) is 9.55 Å². The molecule has 114 valence electrons. The Morgan fingerprint density at radius 2 is 1.76 bits per heavy atom. The van der Waals surface area contributed by atoms with Crippen molar-refractivity contribution in [3.05, 3.63) is 35.4 Å². The molecular weight excluding hydrogens is 279 g/mol. The lowest BCUT2D eigenvalue weighted by Gasteiger charge is -2.10. The van der Waals surface area contributed by atoms with Gasteiger partial charge >= 0.3 is 0 Å². The van der Waals surface area contributed by atoms with Gasteiger partial charge in [0.15, 0.2) is 17.5 Å². The molecular formula is C15H18F3N3. The first kappa shape index (κ1) is 15.4. The van der Waals surface area contributed by atoms with Gasteiger partial charge in [-0.25, -0.2) is 18.2 Å². The normalized spacial score (nSPS) is 11.4. The number of nitrogen functional groups attached to an aromatic ring is 1. The molecule has 0 saturated carbocycles. The van der Waals surface area contributed by atoms with Gasteiger partial charge in [-0.15, -0.1) is 0 Å². The number of anilines is 1. The molecule has 0 bridgehead atoms. The van der Waals surface area contributed by atoms with E-state index in [0.29, 0.717) is 12.4 Å². The maximum atomic E-state index is 13.4. The Kier molecular flexibility index (Phi) is 4.25. The highest BCUT2D eigenvalue weighted by atomic mass is 19.2. The molecule has 0 spiro atoms. The monoisotopic (exact) mass is 297 g/mol. The summed E-state index contributed by atoms with van der Waals surface area (Å²) in [5, 5.41) is 0. The van der Waals surface area contributed by atoms with E-state index in [2.05, 4.69) is 4.98 Å². The molecule has 0 saturated heterocycles. The van der Waals surface area contributed by atoms with Gasteiger partial charge in [0, 0.05) is 18.0 Å². The molecule has 0 radical (unpaired) electrons. The van der Waals surface area contributed by atoms with Crippen LogP contribution in [0.25, 0.3) is 11.3 Å². The Morgan fingerprint density at radius 3 is 2.24 bits per heavy atom. The van der Waals surface area contributed by atoms with Gasteiger partial charge in [0.25, 0.3) is 0 Å². The number of imidazole rings is 1. The minimum Gasteiger partial charge on any atom is -0.383 e. The van der Waals surface area contributed by atoms with Crippen LogP contribution in [-0.4, -0.2) is 9.55 Å². The van der Waals surface area contributed by atoms with Crippen molar-refractivity contribution in [3.8, 4) is 11.3 Å². The fraction of sp³-hybridized carbons (Fsp3) is 0.400. The van der Waals surface area contributed by atoms with E-state index in [1.54, 1.807) is 0 Å².